The molecule has 1 aromatic carbocycles. The van der Waals surface area contributed by atoms with Crippen molar-refractivity contribution in [2.24, 2.45) is 10.9 Å². The van der Waals surface area contributed by atoms with Crippen LogP contribution in [0, 0.1) is 5.92 Å². The van der Waals surface area contributed by atoms with Crippen LogP contribution in [0.2, 0.25) is 0 Å². The van der Waals surface area contributed by atoms with Gasteiger partial charge in [0.2, 0.25) is 5.91 Å². The summed E-state index contributed by atoms with van der Waals surface area (Å²) in [5, 5.41) is 0. The van der Waals surface area contributed by atoms with E-state index >= 15 is 0 Å². The van der Waals surface area contributed by atoms with Crippen LogP contribution in [-0.4, -0.2) is 42.2 Å². The molecule has 0 N–H and O–H groups in total. The summed E-state index contributed by atoms with van der Waals surface area (Å²) in [5.74, 6) is 0.413. The normalized spacial score (nSPS) is 25.9. The van der Waals surface area contributed by atoms with E-state index in [1.165, 1.54) is 0 Å². The van der Waals surface area contributed by atoms with Crippen LogP contribution in [0.3, 0.4) is 0 Å². The number of anilines is 1. The summed E-state index contributed by atoms with van der Waals surface area (Å²) in [6.45, 7) is 4.17. The second kappa shape index (κ2) is 4.44. The zero-order chi connectivity index (χ0) is 14.4. The van der Waals surface area contributed by atoms with Gasteiger partial charge in [-0.15, -0.1) is 0 Å². The molecule has 0 saturated heterocycles. The van der Waals surface area contributed by atoms with Crippen molar-refractivity contribution in [1.29, 1.82) is 0 Å². The first-order chi connectivity index (χ1) is 9.50. The van der Waals surface area contributed by atoms with Crippen molar-refractivity contribution in [3.05, 3.63) is 29.8 Å². The standard InChI is InChI=1S/C15H17N3O2/c1-9-10(2)16-13-8-17(3)15(20)11-6-4-5-7-12(11)18(13)14(9)19/h4-7,9-10H,8H2,1-3H3. The molecule has 0 fully saturated rings. The highest BCUT2D eigenvalue weighted by Gasteiger charge is 2.38. The van der Waals surface area contributed by atoms with Gasteiger partial charge in [-0.3, -0.25) is 19.5 Å². The molecule has 0 radical (unpaired) electrons. The number of nitrogens with zero attached hydrogens (tertiary/aromatic N) is 3. The molecule has 0 aliphatic carbocycles. The van der Waals surface area contributed by atoms with Gasteiger partial charge in [-0.1, -0.05) is 19.1 Å². The molecule has 2 heterocycles. The van der Waals surface area contributed by atoms with Gasteiger partial charge < -0.3 is 4.90 Å². The number of aliphatic imine (C=N–C) groups is 1. The molecular weight excluding hydrogens is 254 g/mol. The summed E-state index contributed by atoms with van der Waals surface area (Å²) < 4.78 is 0. The lowest BCUT2D eigenvalue weighted by atomic mass is 9.99. The van der Waals surface area contributed by atoms with Crippen LogP contribution in [0.15, 0.2) is 29.3 Å². The third-order valence-electron chi connectivity index (χ3n) is 4.04. The zero-order valence-electron chi connectivity index (χ0n) is 11.8. The molecule has 104 valence electrons. The summed E-state index contributed by atoms with van der Waals surface area (Å²) >= 11 is 0. The van der Waals surface area contributed by atoms with E-state index in [1.807, 2.05) is 32.0 Å². The first kappa shape index (κ1) is 12.8. The summed E-state index contributed by atoms with van der Waals surface area (Å²) in [6, 6.07) is 7.16. The number of rotatable bonds is 0. The Morgan fingerprint density at radius 2 is 1.90 bits per heavy atom. The Hall–Kier alpha value is -2.17. The molecule has 2 aliphatic heterocycles. The van der Waals surface area contributed by atoms with Crippen molar-refractivity contribution in [1.82, 2.24) is 4.90 Å². The molecule has 5 nitrogen and oxygen atoms in total. The second-order valence-corrected chi connectivity index (χ2v) is 5.43. The highest BCUT2D eigenvalue weighted by atomic mass is 16.2. The molecule has 0 saturated carbocycles. The van der Waals surface area contributed by atoms with Crippen LogP contribution in [0.1, 0.15) is 24.2 Å². The summed E-state index contributed by atoms with van der Waals surface area (Å²) in [4.78, 5) is 32.8. The van der Waals surface area contributed by atoms with Crippen LogP contribution >= 0.6 is 0 Å². The smallest absolute Gasteiger partial charge is 0.256 e. The Morgan fingerprint density at radius 1 is 1.20 bits per heavy atom. The number of fused-ring (bicyclic) bond motifs is 3. The molecule has 20 heavy (non-hydrogen) atoms. The maximum atomic E-state index is 12.6. The van der Waals surface area contributed by atoms with E-state index in [2.05, 4.69) is 4.99 Å². The Labute approximate surface area is 117 Å². The van der Waals surface area contributed by atoms with Gasteiger partial charge in [-0.25, -0.2) is 0 Å². The lowest BCUT2D eigenvalue weighted by molar-refractivity contribution is -0.121. The van der Waals surface area contributed by atoms with Gasteiger partial charge in [0.1, 0.15) is 5.84 Å². The van der Waals surface area contributed by atoms with Crippen molar-refractivity contribution in [2.45, 2.75) is 19.9 Å². The summed E-state index contributed by atoms with van der Waals surface area (Å²) in [5.41, 5.74) is 1.19. The van der Waals surface area contributed by atoms with Crippen molar-refractivity contribution >= 4 is 23.3 Å². The van der Waals surface area contributed by atoms with E-state index in [4.69, 9.17) is 0 Å². The summed E-state index contributed by atoms with van der Waals surface area (Å²) in [7, 11) is 1.73. The number of hydrogen-bond acceptors (Lipinski definition) is 3. The Morgan fingerprint density at radius 3 is 2.65 bits per heavy atom. The van der Waals surface area contributed by atoms with E-state index in [0.717, 1.165) is 0 Å². The lowest BCUT2D eigenvalue weighted by Crippen LogP contribution is -2.50. The van der Waals surface area contributed by atoms with Crippen LogP contribution in [0.4, 0.5) is 5.69 Å². The van der Waals surface area contributed by atoms with Crippen molar-refractivity contribution in [2.75, 3.05) is 18.5 Å². The van der Waals surface area contributed by atoms with E-state index < -0.39 is 0 Å². The average Bonchev–Trinajstić information content (AvgIpc) is 2.53. The molecule has 3 rings (SSSR count). The predicted molar refractivity (Wildman–Crippen MR) is 76.9 cm³/mol. The molecule has 0 bridgehead atoms. The van der Waals surface area contributed by atoms with Crippen LogP contribution in [-0.2, 0) is 4.79 Å². The maximum Gasteiger partial charge on any atom is 0.256 e. The predicted octanol–water partition coefficient (Wildman–Crippen LogP) is 1.54. The monoisotopic (exact) mass is 271 g/mol. The highest BCUT2D eigenvalue weighted by Crippen LogP contribution is 2.30. The number of likely N-dealkylation sites (N-methyl/N-ethyl adjacent to an activating group) is 1. The van der Waals surface area contributed by atoms with Gasteiger partial charge in [0.15, 0.2) is 0 Å². The molecule has 1 aromatic rings. The third-order valence-corrected chi connectivity index (χ3v) is 4.04. The fraction of sp³-hybridized carbons (Fsp3) is 0.400. The van der Waals surface area contributed by atoms with Crippen LogP contribution in [0.25, 0.3) is 0 Å². The molecule has 5 heteroatoms. The van der Waals surface area contributed by atoms with E-state index in [1.54, 1.807) is 22.9 Å². The topological polar surface area (TPSA) is 53.0 Å². The first-order valence-corrected chi connectivity index (χ1v) is 6.76. The molecule has 2 aliphatic rings. The molecule has 0 spiro atoms. The van der Waals surface area contributed by atoms with Gasteiger partial charge in [0.05, 0.1) is 29.8 Å². The second-order valence-electron chi connectivity index (χ2n) is 5.43. The van der Waals surface area contributed by atoms with Gasteiger partial charge >= 0.3 is 0 Å². The number of amides is 2. The number of carbonyl (C=O) groups is 2. The number of para-hydroxylation sites is 1. The number of benzene rings is 1. The Balaban J connectivity index is 2.23. The molecule has 2 atom stereocenters. The van der Waals surface area contributed by atoms with E-state index in [-0.39, 0.29) is 23.8 Å². The minimum absolute atomic E-state index is 0.0121. The first-order valence-electron chi connectivity index (χ1n) is 6.76. The Kier molecular flexibility index (Phi) is 2.85. The number of hydrogen-bond donors (Lipinski definition) is 0. The molecule has 2 amide bonds. The van der Waals surface area contributed by atoms with Gasteiger partial charge in [-0.2, -0.15) is 0 Å². The number of amidine groups is 1. The fourth-order valence-electron chi connectivity index (χ4n) is 2.65. The minimum atomic E-state index is -0.176. The SMILES string of the molecule is CC1N=C2CN(C)C(=O)c3ccccc3N2C(=O)C1C. The summed E-state index contributed by atoms with van der Waals surface area (Å²) in [6.07, 6.45) is 0. The quantitative estimate of drug-likeness (QED) is 0.718. The third kappa shape index (κ3) is 1.73. The molecule has 2 unspecified atom stereocenters. The lowest BCUT2D eigenvalue weighted by Gasteiger charge is -2.33. The van der Waals surface area contributed by atoms with E-state index in [9.17, 15) is 9.59 Å². The average molecular weight is 271 g/mol. The van der Waals surface area contributed by atoms with Gasteiger partial charge in [0, 0.05) is 7.05 Å². The van der Waals surface area contributed by atoms with Crippen molar-refractivity contribution in [3.8, 4) is 0 Å². The highest BCUT2D eigenvalue weighted by molar-refractivity contribution is 6.24. The molecule has 0 aromatic heterocycles. The van der Waals surface area contributed by atoms with E-state index in [0.29, 0.717) is 23.6 Å². The fourth-order valence-corrected chi connectivity index (χ4v) is 2.65. The number of carbonyl (C=O) groups excluding carboxylic acids is 2. The minimum Gasteiger partial charge on any atom is -0.334 e. The van der Waals surface area contributed by atoms with Crippen molar-refractivity contribution < 1.29 is 9.59 Å². The largest absolute Gasteiger partial charge is 0.334 e. The Bertz CT molecular complexity index is 623. The molecular formula is C15H17N3O2. The van der Waals surface area contributed by atoms with Crippen LogP contribution in [0.5, 0.6) is 0 Å². The van der Waals surface area contributed by atoms with Gasteiger partial charge in [0.25, 0.3) is 5.91 Å². The van der Waals surface area contributed by atoms with Gasteiger partial charge in [-0.05, 0) is 19.1 Å². The maximum absolute atomic E-state index is 12.6. The van der Waals surface area contributed by atoms with Crippen molar-refractivity contribution in [3.63, 3.8) is 0 Å². The van der Waals surface area contributed by atoms with Crippen LogP contribution < -0.4 is 4.90 Å². The zero-order valence-corrected chi connectivity index (χ0v) is 11.8.